The first-order valence-corrected chi connectivity index (χ1v) is 24.4. The summed E-state index contributed by atoms with van der Waals surface area (Å²) >= 11 is 0. The molecule has 0 aromatic heterocycles. The standard InChI is InChI=1S/C48H82O18/c1-22(2)10-9-14-47(8,66-43-40(60)36(56)33(53)26(19-49)63-43)24-11-15-46(7)31(24)25(51)18-29-45(46,6)16-12-28-44(4,5)30(13-17-48(28,29)21-50)65-42-39(59)37(57)34(54)27(64-42)20-61-41-38(58)35(55)32(52)23(3)62-41/h10,23-43,49-60H,9,11-21H2,1-8H3/t23-,24?,25?,26-,27-,28?,29?,30?,31?,32-,33-,34-,35-,36+,37+,38-,39-,40-,41-,42+,43+,45?,46-,47+,48?/m1/s1. The van der Waals surface area contributed by atoms with E-state index in [0.717, 1.165) is 24.8 Å². The van der Waals surface area contributed by atoms with E-state index in [2.05, 4.69) is 33.8 Å². The van der Waals surface area contributed by atoms with Crippen LogP contribution in [0.1, 0.15) is 113 Å². The van der Waals surface area contributed by atoms with Crippen molar-refractivity contribution in [3.05, 3.63) is 11.6 Å². The maximum absolute atomic E-state index is 12.6. The molecule has 0 aromatic rings. The highest BCUT2D eigenvalue weighted by molar-refractivity contribution is 5.21. The van der Waals surface area contributed by atoms with Gasteiger partial charge in [0.1, 0.15) is 67.1 Å². The molecule has 0 aromatic carbocycles. The number of aliphatic hydroxyl groups is 12. The van der Waals surface area contributed by atoms with Crippen molar-refractivity contribution >= 4 is 0 Å². The molecule has 7 aliphatic rings. The van der Waals surface area contributed by atoms with Crippen LogP contribution in [0.3, 0.4) is 0 Å². The third-order valence-electron chi connectivity index (χ3n) is 18.8. The van der Waals surface area contributed by atoms with E-state index in [1.54, 1.807) is 0 Å². The lowest BCUT2D eigenvalue weighted by Crippen LogP contribution is -2.69. The molecule has 4 aliphatic carbocycles. The number of hydrogen-bond donors (Lipinski definition) is 12. The lowest BCUT2D eigenvalue weighted by molar-refractivity contribution is -0.347. The van der Waals surface area contributed by atoms with Crippen LogP contribution in [0.25, 0.3) is 0 Å². The smallest absolute Gasteiger partial charge is 0.187 e. The molecule has 382 valence electrons. The zero-order chi connectivity index (χ0) is 48.6. The van der Waals surface area contributed by atoms with Crippen molar-refractivity contribution < 1.29 is 89.7 Å². The largest absolute Gasteiger partial charge is 0.396 e. The Kier molecular flexibility index (Phi) is 15.7. The summed E-state index contributed by atoms with van der Waals surface area (Å²) in [5.41, 5.74) is -1.82. The summed E-state index contributed by atoms with van der Waals surface area (Å²) in [6.45, 7) is 15.2. The van der Waals surface area contributed by atoms with Crippen molar-refractivity contribution in [3.8, 4) is 0 Å². The number of fused-ring (bicyclic) bond motifs is 5. The van der Waals surface area contributed by atoms with Gasteiger partial charge in [0.05, 0.1) is 37.1 Å². The molecule has 3 heterocycles. The van der Waals surface area contributed by atoms with E-state index in [9.17, 15) is 61.3 Å². The molecule has 0 amide bonds. The normalized spacial score (nSPS) is 52.4. The molecule has 18 nitrogen and oxygen atoms in total. The highest BCUT2D eigenvalue weighted by Gasteiger charge is 2.73. The van der Waals surface area contributed by atoms with Crippen molar-refractivity contribution in [2.75, 3.05) is 19.8 Å². The molecule has 8 unspecified atom stereocenters. The van der Waals surface area contributed by atoms with Crippen LogP contribution >= 0.6 is 0 Å². The maximum Gasteiger partial charge on any atom is 0.187 e. The molecule has 18 heteroatoms. The Labute approximate surface area is 388 Å². The molecule has 3 saturated heterocycles. The van der Waals surface area contributed by atoms with Gasteiger partial charge in [-0.1, -0.05) is 39.3 Å². The van der Waals surface area contributed by atoms with Gasteiger partial charge >= 0.3 is 0 Å². The second kappa shape index (κ2) is 19.6. The van der Waals surface area contributed by atoms with Gasteiger partial charge < -0.3 is 89.7 Å². The quantitative estimate of drug-likeness (QED) is 0.0853. The first kappa shape index (κ1) is 52.8. The van der Waals surface area contributed by atoms with Gasteiger partial charge in [-0.15, -0.1) is 0 Å². The predicted molar refractivity (Wildman–Crippen MR) is 234 cm³/mol. The van der Waals surface area contributed by atoms with E-state index in [4.69, 9.17) is 28.4 Å². The molecule has 3 aliphatic heterocycles. The Morgan fingerprint density at radius 2 is 1.26 bits per heavy atom. The van der Waals surface area contributed by atoms with Crippen molar-refractivity contribution in [1.29, 1.82) is 0 Å². The molecule has 66 heavy (non-hydrogen) atoms. The Balaban J connectivity index is 1.10. The summed E-state index contributed by atoms with van der Waals surface area (Å²) in [5.74, 6) is -0.631. The molecular formula is C48H82O18. The third-order valence-corrected chi connectivity index (χ3v) is 18.8. The molecule has 0 radical (unpaired) electrons. The molecule has 25 atom stereocenters. The lowest BCUT2D eigenvalue weighted by Gasteiger charge is -2.71. The van der Waals surface area contributed by atoms with E-state index in [1.165, 1.54) is 6.92 Å². The number of allylic oxidation sites excluding steroid dienone is 2. The molecule has 7 rings (SSSR count). The van der Waals surface area contributed by atoms with Crippen LogP contribution in [0.5, 0.6) is 0 Å². The third kappa shape index (κ3) is 8.79. The SMILES string of the molecule is CC(C)=CCC[C@](C)(O[C@@H]1O[C@H](CO)[C@@H](O)[C@H](O)[C@H]1O)C1CC[C@]2(C)C1C(O)CC1C3(CO)CCC(O[C@@H]4O[C@H](CO[C@@H]5O[C@H](C)[C@@H](O)[C@@H](O)[C@H]5O)[C@@H](O)[C@H](O)[C@H]4O)C(C)(C)C3CCC12C. The average Bonchev–Trinajstić information content (AvgIpc) is 3.66. The van der Waals surface area contributed by atoms with E-state index in [0.29, 0.717) is 38.5 Å². The van der Waals surface area contributed by atoms with Crippen molar-refractivity contribution in [3.63, 3.8) is 0 Å². The Bertz CT molecular complexity index is 1680. The van der Waals surface area contributed by atoms with Crippen molar-refractivity contribution in [1.82, 2.24) is 0 Å². The van der Waals surface area contributed by atoms with Gasteiger partial charge in [-0.25, -0.2) is 0 Å². The van der Waals surface area contributed by atoms with E-state index in [-0.39, 0.29) is 35.7 Å². The van der Waals surface area contributed by atoms with Gasteiger partial charge in [0.25, 0.3) is 0 Å². The summed E-state index contributed by atoms with van der Waals surface area (Å²) in [4.78, 5) is 0. The Hall–Kier alpha value is -0.980. The minimum Gasteiger partial charge on any atom is -0.396 e. The average molecular weight is 947 g/mol. The topological polar surface area (TPSA) is 298 Å². The first-order chi connectivity index (χ1) is 30.8. The maximum atomic E-state index is 12.6. The number of ether oxygens (including phenoxy) is 6. The van der Waals surface area contributed by atoms with Crippen molar-refractivity contribution in [2.24, 2.45) is 45.3 Å². The monoisotopic (exact) mass is 947 g/mol. The van der Waals surface area contributed by atoms with Gasteiger partial charge in [-0.05, 0) is 125 Å². The van der Waals surface area contributed by atoms with Gasteiger partial charge in [0.2, 0.25) is 0 Å². The zero-order valence-corrected chi connectivity index (χ0v) is 40.0. The minimum atomic E-state index is -1.68. The van der Waals surface area contributed by atoms with Gasteiger partial charge in [0.15, 0.2) is 18.9 Å². The molecule has 4 saturated carbocycles. The van der Waals surface area contributed by atoms with Crippen LogP contribution in [-0.2, 0) is 28.4 Å². The number of rotatable bonds is 13. The summed E-state index contributed by atoms with van der Waals surface area (Å²) < 4.78 is 36.6. The fourth-order valence-corrected chi connectivity index (χ4v) is 14.7. The predicted octanol–water partition coefficient (Wildman–Crippen LogP) is -0.0268. The van der Waals surface area contributed by atoms with Crippen molar-refractivity contribution in [2.45, 2.75) is 223 Å². The fourth-order valence-electron chi connectivity index (χ4n) is 14.7. The molecule has 0 spiro atoms. The number of aliphatic hydroxyl groups excluding tert-OH is 12. The summed E-state index contributed by atoms with van der Waals surface area (Å²) in [6, 6.07) is 0. The van der Waals surface area contributed by atoms with Gasteiger partial charge in [-0.2, -0.15) is 0 Å². The first-order valence-electron chi connectivity index (χ1n) is 24.4. The second-order valence-corrected chi connectivity index (χ2v) is 22.8. The summed E-state index contributed by atoms with van der Waals surface area (Å²) in [7, 11) is 0. The highest BCUT2D eigenvalue weighted by atomic mass is 16.7. The summed E-state index contributed by atoms with van der Waals surface area (Å²) in [5, 5.41) is 131. The van der Waals surface area contributed by atoms with E-state index < -0.39 is 139 Å². The van der Waals surface area contributed by atoms with Crippen LogP contribution < -0.4 is 0 Å². The summed E-state index contributed by atoms with van der Waals surface area (Å²) in [6.07, 6.45) is -15.0. The molecule has 0 bridgehead atoms. The van der Waals surface area contributed by atoms with Gasteiger partial charge in [0, 0.05) is 12.0 Å². The van der Waals surface area contributed by atoms with Crippen LogP contribution in [0, 0.1) is 45.3 Å². The molecule has 12 N–H and O–H groups in total. The fraction of sp³-hybridized carbons (Fsp3) is 0.958. The molecule has 7 fully saturated rings. The second-order valence-electron chi connectivity index (χ2n) is 22.8. The lowest BCUT2D eigenvalue weighted by atomic mass is 9.34. The van der Waals surface area contributed by atoms with Crippen LogP contribution in [0.4, 0.5) is 0 Å². The van der Waals surface area contributed by atoms with Crippen LogP contribution in [-0.4, -0.2) is 191 Å². The van der Waals surface area contributed by atoms with E-state index in [1.807, 2.05) is 20.8 Å². The van der Waals surface area contributed by atoms with Gasteiger partial charge in [-0.3, -0.25) is 0 Å². The van der Waals surface area contributed by atoms with Crippen LogP contribution in [0.15, 0.2) is 11.6 Å². The molecular weight excluding hydrogens is 865 g/mol. The number of hydrogen-bond acceptors (Lipinski definition) is 18. The highest BCUT2D eigenvalue weighted by Crippen LogP contribution is 2.76. The Morgan fingerprint density at radius 3 is 1.89 bits per heavy atom. The minimum absolute atomic E-state index is 0.0932. The van der Waals surface area contributed by atoms with Crippen LogP contribution in [0.2, 0.25) is 0 Å². The zero-order valence-electron chi connectivity index (χ0n) is 40.0. The Morgan fingerprint density at radius 1 is 0.667 bits per heavy atom. The van der Waals surface area contributed by atoms with E-state index >= 15 is 0 Å².